The topological polar surface area (TPSA) is 41.6 Å². The number of carbonyl (C=O) groups excluding carboxylic acids is 1. The Morgan fingerprint density at radius 2 is 2.23 bits per heavy atom. The van der Waals surface area contributed by atoms with Crippen LogP contribution in [0.3, 0.4) is 0 Å². The molecule has 122 valence electrons. The Morgan fingerprint density at radius 3 is 2.95 bits per heavy atom. The van der Waals surface area contributed by atoms with Crippen molar-refractivity contribution in [3.8, 4) is 5.75 Å². The molecule has 1 fully saturated rings. The van der Waals surface area contributed by atoms with Crippen LogP contribution >= 0.6 is 23.2 Å². The maximum absolute atomic E-state index is 12.2. The molecular formula is C16H22Cl2N2O2. The first kappa shape index (κ1) is 17.4. The summed E-state index contributed by atoms with van der Waals surface area (Å²) in [6.45, 7) is 2.32. The number of hydrogen-bond acceptors (Lipinski definition) is 3. The lowest BCUT2D eigenvalue weighted by Crippen LogP contribution is -2.44. The van der Waals surface area contributed by atoms with Crippen LogP contribution in [0.2, 0.25) is 10.0 Å². The second kappa shape index (κ2) is 8.61. The van der Waals surface area contributed by atoms with Crippen molar-refractivity contribution in [2.75, 3.05) is 26.7 Å². The van der Waals surface area contributed by atoms with E-state index in [-0.39, 0.29) is 12.0 Å². The van der Waals surface area contributed by atoms with Gasteiger partial charge >= 0.3 is 0 Å². The van der Waals surface area contributed by atoms with Crippen LogP contribution in [0, 0.1) is 0 Å². The highest BCUT2D eigenvalue weighted by atomic mass is 35.5. The number of nitrogens with zero attached hydrogens (tertiary/aromatic N) is 1. The van der Waals surface area contributed by atoms with Crippen LogP contribution in [-0.2, 0) is 4.79 Å². The van der Waals surface area contributed by atoms with Crippen LogP contribution in [-0.4, -0.2) is 43.6 Å². The summed E-state index contributed by atoms with van der Waals surface area (Å²) in [5.41, 5.74) is 0. The van der Waals surface area contributed by atoms with Crippen molar-refractivity contribution in [2.24, 2.45) is 0 Å². The first-order valence-electron chi connectivity index (χ1n) is 7.64. The summed E-state index contributed by atoms with van der Waals surface area (Å²) in [4.78, 5) is 14.1. The number of likely N-dealkylation sites (tertiary alicyclic amines) is 1. The van der Waals surface area contributed by atoms with Crippen molar-refractivity contribution in [1.82, 2.24) is 10.2 Å². The Bertz CT molecular complexity index is 511. The van der Waals surface area contributed by atoms with Gasteiger partial charge in [-0.1, -0.05) is 23.2 Å². The summed E-state index contributed by atoms with van der Waals surface area (Å²) >= 11 is 11.9. The average molecular weight is 345 g/mol. The number of piperidine rings is 1. The molecule has 1 aromatic rings. The summed E-state index contributed by atoms with van der Waals surface area (Å²) < 4.78 is 5.95. The molecule has 1 N–H and O–H groups in total. The molecule has 1 aliphatic heterocycles. The van der Waals surface area contributed by atoms with Crippen molar-refractivity contribution in [3.05, 3.63) is 28.2 Å². The molecule has 1 unspecified atom stereocenters. The number of ether oxygens (including phenoxy) is 1. The fourth-order valence-corrected chi connectivity index (χ4v) is 2.87. The average Bonchev–Trinajstić information content (AvgIpc) is 2.51. The highest BCUT2D eigenvalue weighted by molar-refractivity contribution is 6.42. The zero-order valence-corrected chi connectivity index (χ0v) is 14.3. The van der Waals surface area contributed by atoms with E-state index in [2.05, 4.69) is 5.32 Å². The molecule has 1 heterocycles. The largest absolute Gasteiger partial charge is 0.489 e. The molecule has 0 aliphatic carbocycles. The molecule has 0 aromatic heterocycles. The van der Waals surface area contributed by atoms with Gasteiger partial charge in [0.1, 0.15) is 11.9 Å². The van der Waals surface area contributed by atoms with Crippen molar-refractivity contribution < 1.29 is 9.53 Å². The van der Waals surface area contributed by atoms with E-state index in [9.17, 15) is 4.79 Å². The maximum atomic E-state index is 12.2. The van der Waals surface area contributed by atoms with E-state index in [1.54, 1.807) is 12.1 Å². The van der Waals surface area contributed by atoms with E-state index in [0.29, 0.717) is 28.8 Å². The molecule has 2 rings (SSSR count). The van der Waals surface area contributed by atoms with Crippen LogP contribution < -0.4 is 10.1 Å². The fraction of sp³-hybridized carbons (Fsp3) is 0.562. The minimum atomic E-state index is 0.0132. The van der Waals surface area contributed by atoms with Gasteiger partial charge in [0.2, 0.25) is 5.91 Å². The summed E-state index contributed by atoms with van der Waals surface area (Å²) in [5.74, 6) is 0.904. The van der Waals surface area contributed by atoms with Crippen LogP contribution in [0.1, 0.15) is 25.7 Å². The maximum Gasteiger partial charge on any atom is 0.222 e. The van der Waals surface area contributed by atoms with Crippen molar-refractivity contribution in [1.29, 1.82) is 0 Å². The molecule has 0 spiro atoms. The number of carbonyl (C=O) groups is 1. The molecule has 4 nitrogen and oxygen atoms in total. The van der Waals surface area contributed by atoms with Gasteiger partial charge in [0.15, 0.2) is 0 Å². The molecule has 1 aromatic carbocycles. The predicted octanol–water partition coefficient (Wildman–Crippen LogP) is 3.36. The minimum absolute atomic E-state index is 0.0132. The van der Waals surface area contributed by atoms with Gasteiger partial charge in [-0.2, -0.15) is 0 Å². The summed E-state index contributed by atoms with van der Waals surface area (Å²) in [7, 11) is 1.90. The minimum Gasteiger partial charge on any atom is -0.489 e. The fourth-order valence-electron chi connectivity index (χ4n) is 2.58. The molecule has 0 bridgehead atoms. The molecule has 6 heteroatoms. The SMILES string of the molecule is CNCCCC(=O)N1CCCC(Oc2ccc(Cl)c(Cl)c2)C1. The molecule has 1 aliphatic rings. The van der Waals surface area contributed by atoms with Gasteiger partial charge in [0.25, 0.3) is 0 Å². The lowest BCUT2D eigenvalue weighted by atomic mass is 10.1. The van der Waals surface area contributed by atoms with E-state index < -0.39 is 0 Å². The van der Waals surface area contributed by atoms with Crippen LogP contribution in [0.25, 0.3) is 0 Å². The summed E-state index contributed by atoms with van der Waals surface area (Å²) in [5, 5.41) is 4.05. The van der Waals surface area contributed by atoms with Gasteiger partial charge in [-0.05, 0) is 45.0 Å². The third kappa shape index (κ3) is 5.04. The Hall–Kier alpha value is -0.970. The smallest absolute Gasteiger partial charge is 0.222 e. The second-order valence-electron chi connectivity index (χ2n) is 5.50. The van der Waals surface area contributed by atoms with Crippen molar-refractivity contribution in [2.45, 2.75) is 31.8 Å². The van der Waals surface area contributed by atoms with Gasteiger partial charge in [0.05, 0.1) is 16.6 Å². The standard InChI is InChI=1S/C16H22Cl2N2O2/c1-19-8-2-5-16(21)20-9-3-4-13(11-20)22-12-6-7-14(17)15(18)10-12/h6-7,10,13,19H,2-5,8-9,11H2,1H3. The monoisotopic (exact) mass is 344 g/mol. The normalized spacial score (nSPS) is 18.3. The van der Waals surface area contributed by atoms with Crippen molar-refractivity contribution in [3.63, 3.8) is 0 Å². The number of halogens is 2. The van der Waals surface area contributed by atoms with Gasteiger partial charge in [-0.15, -0.1) is 0 Å². The van der Waals surface area contributed by atoms with Gasteiger partial charge in [-0.25, -0.2) is 0 Å². The summed E-state index contributed by atoms with van der Waals surface area (Å²) in [6.07, 6.45) is 3.37. The van der Waals surface area contributed by atoms with E-state index >= 15 is 0 Å². The number of nitrogens with one attached hydrogen (secondary N) is 1. The zero-order valence-electron chi connectivity index (χ0n) is 12.8. The van der Waals surface area contributed by atoms with Gasteiger partial charge in [0, 0.05) is 19.0 Å². The van der Waals surface area contributed by atoms with E-state index in [1.807, 2.05) is 18.0 Å². The van der Waals surface area contributed by atoms with Gasteiger partial charge in [-0.3, -0.25) is 4.79 Å². The molecule has 1 atom stereocenters. The van der Waals surface area contributed by atoms with E-state index in [4.69, 9.17) is 27.9 Å². The first-order valence-corrected chi connectivity index (χ1v) is 8.40. The molecule has 1 amide bonds. The molecule has 22 heavy (non-hydrogen) atoms. The van der Waals surface area contributed by atoms with Crippen molar-refractivity contribution >= 4 is 29.1 Å². The summed E-state index contributed by atoms with van der Waals surface area (Å²) in [6, 6.07) is 5.25. The lowest BCUT2D eigenvalue weighted by Gasteiger charge is -2.33. The number of rotatable bonds is 6. The van der Waals surface area contributed by atoms with Gasteiger partial charge < -0.3 is 15.0 Å². The number of benzene rings is 1. The lowest BCUT2D eigenvalue weighted by molar-refractivity contribution is -0.133. The van der Waals surface area contributed by atoms with Crippen LogP contribution in [0.5, 0.6) is 5.75 Å². The molecule has 0 saturated carbocycles. The van der Waals surface area contributed by atoms with Crippen LogP contribution in [0.4, 0.5) is 0 Å². The Kier molecular flexibility index (Phi) is 6.80. The predicted molar refractivity (Wildman–Crippen MR) is 89.9 cm³/mol. The molecule has 0 radical (unpaired) electrons. The Labute approximate surface area is 141 Å². The third-order valence-electron chi connectivity index (χ3n) is 3.74. The zero-order chi connectivity index (χ0) is 15.9. The molecule has 1 saturated heterocycles. The Balaban J connectivity index is 1.87. The van der Waals surface area contributed by atoms with Crippen LogP contribution in [0.15, 0.2) is 18.2 Å². The third-order valence-corrected chi connectivity index (χ3v) is 4.48. The molecular weight excluding hydrogens is 323 g/mol. The van der Waals surface area contributed by atoms with E-state index in [1.165, 1.54) is 0 Å². The highest BCUT2D eigenvalue weighted by Gasteiger charge is 2.24. The first-order chi connectivity index (χ1) is 10.6. The quantitative estimate of drug-likeness (QED) is 0.804. The number of hydrogen-bond donors (Lipinski definition) is 1. The number of amides is 1. The highest BCUT2D eigenvalue weighted by Crippen LogP contribution is 2.28. The van der Waals surface area contributed by atoms with E-state index in [0.717, 1.165) is 32.4 Å². The Morgan fingerprint density at radius 1 is 1.41 bits per heavy atom. The second-order valence-corrected chi connectivity index (χ2v) is 6.32.